The first kappa shape index (κ1) is 13.3. The van der Waals surface area contributed by atoms with Gasteiger partial charge in [0.05, 0.1) is 7.11 Å². The number of tetrazole rings is 1. The molecule has 0 radical (unpaired) electrons. The van der Waals surface area contributed by atoms with Crippen molar-refractivity contribution in [1.29, 1.82) is 0 Å². The standard InChI is InChI=1S/C13H19N5O/c1-4-9(2)8-18-13(15-16-17-18)10-5-11(14)7-12(6-10)19-3/h5-7,9H,4,8,14H2,1-3H3. The van der Waals surface area contributed by atoms with E-state index in [0.717, 1.165) is 18.5 Å². The summed E-state index contributed by atoms with van der Waals surface area (Å²) in [5, 5.41) is 11.9. The lowest BCUT2D eigenvalue weighted by Crippen LogP contribution is -2.10. The monoisotopic (exact) mass is 261 g/mol. The van der Waals surface area contributed by atoms with Gasteiger partial charge in [0.1, 0.15) is 5.75 Å². The normalized spacial score (nSPS) is 12.4. The van der Waals surface area contributed by atoms with Gasteiger partial charge in [0.2, 0.25) is 0 Å². The van der Waals surface area contributed by atoms with Crippen molar-refractivity contribution in [2.45, 2.75) is 26.8 Å². The van der Waals surface area contributed by atoms with Crippen molar-refractivity contribution in [3.8, 4) is 17.1 Å². The maximum absolute atomic E-state index is 5.86. The van der Waals surface area contributed by atoms with Gasteiger partial charge in [-0.2, -0.15) is 0 Å². The molecule has 0 saturated heterocycles. The van der Waals surface area contributed by atoms with Gasteiger partial charge < -0.3 is 10.5 Å². The van der Waals surface area contributed by atoms with Crippen molar-refractivity contribution in [2.75, 3.05) is 12.8 Å². The van der Waals surface area contributed by atoms with E-state index >= 15 is 0 Å². The summed E-state index contributed by atoms with van der Waals surface area (Å²) in [6.07, 6.45) is 1.08. The van der Waals surface area contributed by atoms with Crippen molar-refractivity contribution in [3.05, 3.63) is 18.2 Å². The van der Waals surface area contributed by atoms with Crippen LogP contribution in [-0.2, 0) is 6.54 Å². The van der Waals surface area contributed by atoms with Crippen LogP contribution in [0.25, 0.3) is 11.4 Å². The Balaban J connectivity index is 2.36. The highest BCUT2D eigenvalue weighted by Crippen LogP contribution is 2.25. The van der Waals surface area contributed by atoms with E-state index in [2.05, 4.69) is 29.4 Å². The Kier molecular flexibility index (Phi) is 3.99. The Bertz CT molecular complexity index is 552. The quantitative estimate of drug-likeness (QED) is 0.832. The molecule has 1 atom stereocenters. The fourth-order valence-electron chi connectivity index (χ4n) is 1.83. The van der Waals surface area contributed by atoms with Crippen LogP contribution in [0.3, 0.4) is 0 Å². The van der Waals surface area contributed by atoms with Gasteiger partial charge in [0, 0.05) is 23.9 Å². The minimum Gasteiger partial charge on any atom is -0.497 e. The zero-order valence-corrected chi connectivity index (χ0v) is 11.5. The van der Waals surface area contributed by atoms with Gasteiger partial charge in [-0.15, -0.1) is 5.10 Å². The lowest BCUT2D eigenvalue weighted by molar-refractivity contribution is 0.415. The third-order valence-corrected chi connectivity index (χ3v) is 3.14. The molecule has 0 bridgehead atoms. The number of methoxy groups -OCH3 is 1. The fraction of sp³-hybridized carbons (Fsp3) is 0.462. The van der Waals surface area contributed by atoms with Crippen molar-refractivity contribution in [2.24, 2.45) is 5.92 Å². The van der Waals surface area contributed by atoms with Crippen molar-refractivity contribution in [1.82, 2.24) is 20.2 Å². The summed E-state index contributed by atoms with van der Waals surface area (Å²) >= 11 is 0. The van der Waals surface area contributed by atoms with Crippen LogP contribution in [0.4, 0.5) is 5.69 Å². The molecule has 1 unspecified atom stereocenters. The van der Waals surface area contributed by atoms with Crippen LogP contribution in [-0.4, -0.2) is 27.3 Å². The number of benzene rings is 1. The van der Waals surface area contributed by atoms with Crippen molar-refractivity contribution < 1.29 is 4.74 Å². The van der Waals surface area contributed by atoms with Gasteiger partial charge in [0.15, 0.2) is 5.82 Å². The molecular weight excluding hydrogens is 242 g/mol. The number of hydrogen-bond acceptors (Lipinski definition) is 5. The lowest BCUT2D eigenvalue weighted by Gasteiger charge is -2.10. The molecule has 0 aliphatic rings. The number of rotatable bonds is 5. The number of nitrogen functional groups attached to an aromatic ring is 1. The van der Waals surface area contributed by atoms with Crippen molar-refractivity contribution in [3.63, 3.8) is 0 Å². The number of anilines is 1. The third-order valence-electron chi connectivity index (χ3n) is 3.14. The van der Waals surface area contributed by atoms with E-state index in [-0.39, 0.29) is 0 Å². The van der Waals surface area contributed by atoms with Crippen LogP contribution in [0, 0.1) is 5.92 Å². The van der Waals surface area contributed by atoms with E-state index in [9.17, 15) is 0 Å². The topological polar surface area (TPSA) is 78.9 Å². The lowest BCUT2D eigenvalue weighted by atomic mass is 10.1. The molecular formula is C13H19N5O. The smallest absolute Gasteiger partial charge is 0.182 e. The summed E-state index contributed by atoms with van der Waals surface area (Å²) in [6, 6.07) is 5.50. The van der Waals surface area contributed by atoms with Crippen LogP contribution < -0.4 is 10.5 Å². The van der Waals surface area contributed by atoms with E-state index in [0.29, 0.717) is 23.2 Å². The second kappa shape index (κ2) is 5.69. The van der Waals surface area contributed by atoms with Gasteiger partial charge in [-0.05, 0) is 28.5 Å². The fourth-order valence-corrected chi connectivity index (χ4v) is 1.83. The summed E-state index contributed by atoms with van der Waals surface area (Å²) in [5.41, 5.74) is 7.36. The number of hydrogen-bond donors (Lipinski definition) is 1. The average molecular weight is 261 g/mol. The SMILES string of the molecule is CCC(C)Cn1nnnc1-c1cc(N)cc(OC)c1. The van der Waals surface area contributed by atoms with Gasteiger partial charge >= 0.3 is 0 Å². The van der Waals surface area contributed by atoms with E-state index in [1.807, 2.05) is 16.8 Å². The Morgan fingerprint density at radius 3 is 2.84 bits per heavy atom. The molecule has 2 N–H and O–H groups in total. The highest BCUT2D eigenvalue weighted by atomic mass is 16.5. The van der Waals surface area contributed by atoms with Crippen LogP contribution in [0.1, 0.15) is 20.3 Å². The molecule has 1 aromatic heterocycles. The number of nitrogens with zero attached hydrogens (tertiary/aromatic N) is 4. The molecule has 0 saturated carbocycles. The van der Waals surface area contributed by atoms with Gasteiger partial charge in [-0.1, -0.05) is 20.3 Å². The van der Waals surface area contributed by atoms with Gasteiger partial charge in [0.25, 0.3) is 0 Å². The molecule has 6 heteroatoms. The second-order valence-electron chi connectivity index (χ2n) is 4.69. The largest absolute Gasteiger partial charge is 0.497 e. The van der Waals surface area contributed by atoms with Crippen LogP contribution in [0.5, 0.6) is 5.75 Å². The first-order chi connectivity index (χ1) is 9.13. The second-order valence-corrected chi connectivity index (χ2v) is 4.69. The minimum absolute atomic E-state index is 0.519. The van der Waals surface area contributed by atoms with E-state index < -0.39 is 0 Å². The Morgan fingerprint density at radius 1 is 1.37 bits per heavy atom. The zero-order chi connectivity index (χ0) is 13.8. The Labute approximate surface area is 112 Å². The first-order valence-electron chi connectivity index (χ1n) is 6.35. The maximum Gasteiger partial charge on any atom is 0.182 e. The molecule has 0 aliphatic carbocycles. The van der Waals surface area contributed by atoms with Crippen LogP contribution in [0.15, 0.2) is 18.2 Å². The van der Waals surface area contributed by atoms with Gasteiger partial charge in [-0.25, -0.2) is 4.68 Å². The summed E-state index contributed by atoms with van der Waals surface area (Å²) < 4.78 is 7.03. The van der Waals surface area contributed by atoms with E-state index in [4.69, 9.17) is 10.5 Å². The number of ether oxygens (including phenoxy) is 1. The summed E-state index contributed by atoms with van der Waals surface area (Å²) in [4.78, 5) is 0. The number of aromatic nitrogens is 4. The molecule has 2 aromatic rings. The summed E-state index contributed by atoms with van der Waals surface area (Å²) in [6.45, 7) is 5.11. The molecule has 6 nitrogen and oxygen atoms in total. The molecule has 0 spiro atoms. The minimum atomic E-state index is 0.519. The molecule has 0 fully saturated rings. The predicted molar refractivity (Wildman–Crippen MR) is 73.7 cm³/mol. The molecule has 102 valence electrons. The van der Waals surface area contributed by atoms with Gasteiger partial charge in [-0.3, -0.25) is 0 Å². The molecule has 1 aromatic carbocycles. The zero-order valence-electron chi connectivity index (χ0n) is 11.5. The third kappa shape index (κ3) is 3.01. The summed E-state index contributed by atoms with van der Waals surface area (Å²) in [5.74, 6) is 1.93. The average Bonchev–Trinajstić information content (AvgIpc) is 2.85. The molecule has 0 aliphatic heterocycles. The maximum atomic E-state index is 5.86. The highest BCUT2D eigenvalue weighted by molar-refractivity contribution is 5.64. The molecule has 19 heavy (non-hydrogen) atoms. The van der Waals surface area contributed by atoms with Crippen molar-refractivity contribution >= 4 is 5.69 Å². The van der Waals surface area contributed by atoms with E-state index in [1.54, 1.807) is 13.2 Å². The van der Waals surface area contributed by atoms with Crippen LogP contribution >= 0.6 is 0 Å². The van der Waals surface area contributed by atoms with E-state index in [1.165, 1.54) is 0 Å². The summed E-state index contributed by atoms with van der Waals surface area (Å²) in [7, 11) is 1.61. The number of nitrogens with two attached hydrogens (primary N) is 1. The highest BCUT2D eigenvalue weighted by Gasteiger charge is 2.12. The Morgan fingerprint density at radius 2 is 2.16 bits per heavy atom. The van der Waals surface area contributed by atoms with Crippen LogP contribution in [0.2, 0.25) is 0 Å². The molecule has 1 heterocycles. The molecule has 0 amide bonds. The predicted octanol–water partition coefficient (Wildman–Crippen LogP) is 1.98. The Hall–Kier alpha value is -2.11. The molecule has 2 rings (SSSR count). The first-order valence-corrected chi connectivity index (χ1v) is 6.35.